The van der Waals surface area contributed by atoms with E-state index < -0.39 is 6.10 Å². The Bertz CT molecular complexity index is 776. The number of carbonyl (C=O) groups is 2. The van der Waals surface area contributed by atoms with Gasteiger partial charge in [0.25, 0.3) is 0 Å². The van der Waals surface area contributed by atoms with Crippen LogP contribution in [0.1, 0.15) is 77.7 Å². The van der Waals surface area contributed by atoms with E-state index in [1.807, 2.05) is 30.3 Å². The van der Waals surface area contributed by atoms with Crippen molar-refractivity contribution in [2.75, 3.05) is 13.2 Å². The molecule has 0 aliphatic heterocycles. The first-order chi connectivity index (χ1) is 16.3. The van der Waals surface area contributed by atoms with Gasteiger partial charge in [0.1, 0.15) is 5.78 Å². The molecule has 1 aromatic rings. The molecule has 1 amide bonds. The molecule has 6 nitrogen and oxygen atoms in total. The molecule has 2 aliphatic rings. The number of nitrogens with one attached hydrogen (secondary N) is 2. The predicted molar refractivity (Wildman–Crippen MR) is 135 cm³/mol. The molecule has 2 fully saturated rings. The van der Waals surface area contributed by atoms with E-state index in [1.54, 1.807) is 0 Å². The molecule has 5 atom stereocenters. The van der Waals surface area contributed by atoms with Gasteiger partial charge < -0.3 is 20.5 Å². The maximum Gasteiger partial charge on any atom is 0.407 e. The number of amides is 1. The van der Waals surface area contributed by atoms with Crippen LogP contribution in [0.15, 0.2) is 30.3 Å². The third-order valence-corrected chi connectivity index (χ3v) is 7.35. The normalized spacial score (nSPS) is 23.6. The first-order valence-corrected chi connectivity index (χ1v) is 13.2. The molecule has 0 bridgehead atoms. The van der Waals surface area contributed by atoms with E-state index in [4.69, 9.17) is 4.74 Å². The third-order valence-electron chi connectivity index (χ3n) is 7.35. The minimum Gasteiger partial charge on any atom is -0.449 e. The number of rotatable bonds is 12. The van der Waals surface area contributed by atoms with Gasteiger partial charge in [-0.3, -0.25) is 4.79 Å². The number of ether oxygens (including phenoxy) is 1. The predicted octanol–water partition coefficient (Wildman–Crippen LogP) is 4.67. The lowest BCUT2D eigenvalue weighted by Gasteiger charge is -2.30. The van der Waals surface area contributed by atoms with Gasteiger partial charge in [0.15, 0.2) is 0 Å². The molecule has 0 radical (unpaired) electrons. The molecule has 0 heterocycles. The Balaban J connectivity index is 1.54. The van der Waals surface area contributed by atoms with Crippen LogP contribution in [0.3, 0.4) is 0 Å². The van der Waals surface area contributed by atoms with Crippen LogP contribution in [-0.2, 0) is 9.53 Å². The average molecular weight is 473 g/mol. The smallest absolute Gasteiger partial charge is 0.407 e. The lowest BCUT2D eigenvalue weighted by Crippen LogP contribution is -2.51. The van der Waals surface area contributed by atoms with Crippen LogP contribution in [0, 0.1) is 23.7 Å². The number of hydrogen-bond acceptors (Lipinski definition) is 5. The zero-order valence-electron chi connectivity index (χ0n) is 21.3. The second kappa shape index (κ2) is 12.7. The molecule has 3 N–H and O–H groups in total. The van der Waals surface area contributed by atoms with Crippen LogP contribution in [0.5, 0.6) is 0 Å². The molecule has 0 spiro atoms. The fourth-order valence-electron chi connectivity index (χ4n) is 5.43. The summed E-state index contributed by atoms with van der Waals surface area (Å²) in [5.74, 6) is 0.528. The first kappa shape index (κ1) is 26.7. The highest BCUT2D eigenvalue weighted by Crippen LogP contribution is 2.46. The maximum absolute atomic E-state index is 12.6. The van der Waals surface area contributed by atoms with Crippen LogP contribution in [0.4, 0.5) is 4.79 Å². The van der Waals surface area contributed by atoms with E-state index in [0.717, 1.165) is 24.8 Å². The summed E-state index contributed by atoms with van der Waals surface area (Å²) in [5, 5.41) is 17.6. The van der Waals surface area contributed by atoms with Gasteiger partial charge in [-0.1, -0.05) is 77.3 Å². The van der Waals surface area contributed by atoms with Gasteiger partial charge in [-0.05, 0) is 42.6 Å². The van der Waals surface area contributed by atoms with Gasteiger partial charge in [-0.15, -0.1) is 0 Å². The minimum absolute atomic E-state index is 0.105. The van der Waals surface area contributed by atoms with Crippen molar-refractivity contribution in [2.24, 2.45) is 23.7 Å². The van der Waals surface area contributed by atoms with Gasteiger partial charge in [0, 0.05) is 18.6 Å². The molecular weight excluding hydrogens is 428 g/mol. The number of ketones is 1. The van der Waals surface area contributed by atoms with E-state index in [-0.39, 0.29) is 41.7 Å². The Kier molecular flexibility index (Phi) is 9.96. The Hall–Kier alpha value is -1.92. The summed E-state index contributed by atoms with van der Waals surface area (Å²) >= 11 is 0. The molecule has 0 aromatic heterocycles. The van der Waals surface area contributed by atoms with Gasteiger partial charge in [0.2, 0.25) is 0 Å². The minimum atomic E-state index is -0.768. The average Bonchev–Trinajstić information content (AvgIpc) is 3.49. The second-order valence-corrected chi connectivity index (χ2v) is 11.1. The number of carbonyl (C=O) groups excluding carboxylic acids is 2. The van der Waals surface area contributed by atoms with Gasteiger partial charge in [0.05, 0.1) is 24.5 Å². The van der Waals surface area contributed by atoms with Crippen LogP contribution < -0.4 is 10.6 Å². The van der Waals surface area contributed by atoms with Crippen molar-refractivity contribution in [1.29, 1.82) is 0 Å². The van der Waals surface area contributed by atoms with Crippen LogP contribution in [-0.4, -0.2) is 48.3 Å². The summed E-state index contributed by atoms with van der Waals surface area (Å²) in [6.45, 7) is 9.37. The molecule has 2 aliphatic carbocycles. The summed E-state index contributed by atoms with van der Waals surface area (Å²) in [6.07, 6.45) is 5.70. The number of benzene rings is 1. The highest BCUT2D eigenvalue weighted by Gasteiger charge is 2.56. The lowest BCUT2D eigenvalue weighted by atomic mass is 9.90. The standard InChI is InChI=1S/C28H44N2O4/c1-18(2)15-22(30-28(33)34-17-20-11-7-5-8-12-20)16-29-25(19(3)4)27(32)24-23(26(24)31)21-13-9-6-10-14-21/h6,9-10,13-14,18-20,22-25,27,29,32H,5,7-8,11-12,15-17H2,1-4H3,(H,30,33)/t22-,23?,24?,25+,27+/m1/s1. The molecule has 6 heteroatoms. The first-order valence-electron chi connectivity index (χ1n) is 13.2. The number of Topliss-reactive ketones (excluding diaryl/α,β-unsaturated/α-hetero) is 1. The molecule has 34 heavy (non-hydrogen) atoms. The fraction of sp³-hybridized carbons (Fsp3) is 0.714. The molecule has 3 rings (SSSR count). The largest absolute Gasteiger partial charge is 0.449 e. The SMILES string of the molecule is CC(C)C[C@H](CN[C@@H](C(C)C)[C@@H](O)C1C(=O)C1c1ccccc1)NC(=O)OCC1CCCCC1. The van der Waals surface area contributed by atoms with Crippen molar-refractivity contribution in [3.05, 3.63) is 35.9 Å². The van der Waals surface area contributed by atoms with E-state index in [9.17, 15) is 14.7 Å². The fourth-order valence-corrected chi connectivity index (χ4v) is 5.43. The number of hydrogen-bond donors (Lipinski definition) is 3. The number of alkyl carbamates (subject to hydrolysis) is 1. The van der Waals surface area contributed by atoms with E-state index in [0.29, 0.717) is 25.0 Å². The van der Waals surface area contributed by atoms with E-state index >= 15 is 0 Å². The molecule has 2 saturated carbocycles. The zero-order valence-corrected chi connectivity index (χ0v) is 21.3. The van der Waals surface area contributed by atoms with Gasteiger partial charge in [-0.2, -0.15) is 0 Å². The summed E-state index contributed by atoms with van der Waals surface area (Å²) in [4.78, 5) is 25.1. The van der Waals surface area contributed by atoms with E-state index in [2.05, 4.69) is 38.3 Å². The summed E-state index contributed by atoms with van der Waals surface area (Å²) in [7, 11) is 0. The topological polar surface area (TPSA) is 87.7 Å². The van der Waals surface area contributed by atoms with Crippen molar-refractivity contribution >= 4 is 11.9 Å². The molecule has 0 saturated heterocycles. The summed E-state index contributed by atoms with van der Waals surface area (Å²) in [5.41, 5.74) is 0.971. The van der Waals surface area contributed by atoms with Crippen LogP contribution in [0.2, 0.25) is 0 Å². The summed E-state index contributed by atoms with van der Waals surface area (Å²) < 4.78 is 5.55. The van der Waals surface area contributed by atoms with Crippen molar-refractivity contribution in [1.82, 2.24) is 10.6 Å². The highest BCUT2D eigenvalue weighted by atomic mass is 16.5. The van der Waals surface area contributed by atoms with Crippen molar-refractivity contribution in [2.45, 2.75) is 90.3 Å². The summed E-state index contributed by atoms with van der Waals surface area (Å²) in [6, 6.07) is 9.35. The number of aliphatic hydroxyl groups excluding tert-OH is 1. The monoisotopic (exact) mass is 472 g/mol. The van der Waals surface area contributed by atoms with Crippen LogP contribution >= 0.6 is 0 Å². The Morgan fingerprint density at radius 2 is 1.76 bits per heavy atom. The highest BCUT2D eigenvalue weighted by molar-refractivity contribution is 6.05. The van der Waals surface area contributed by atoms with Crippen LogP contribution in [0.25, 0.3) is 0 Å². The Morgan fingerprint density at radius 3 is 2.38 bits per heavy atom. The quantitative estimate of drug-likeness (QED) is 0.412. The zero-order chi connectivity index (χ0) is 24.7. The van der Waals surface area contributed by atoms with Crippen molar-refractivity contribution in [3.63, 3.8) is 0 Å². The lowest BCUT2D eigenvalue weighted by molar-refractivity contribution is -0.112. The second-order valence-electron chi connectivity index (χ2n) is 11.1. The molecular formula is C28H44N2O4. The van der Waals surface area contributed by atoms with Gasteiger partial charge >= 0.3 is 6.09 Å². The maximum atomic E-state index is 12.6. The van der Waals surface area contributed by atoms with E-state index in [1.165, 1.54) is 19.3 Å². The van der Waals surface area contributed by atoms with Crippen molar-refractivity contribution < 1.29 is 19.4 Å². The van der Waals surface area contributed by atoms with Crippen molar-refractivity contribution in [3.8, 4) is 0 Å². The van der Waals surface area contributed by atoms with Gasteiger partial charge in [-0.25, -0.2) is 4.79 Å². The molecule has 190 valence electrons. The third kappa shape index (κ3) is 7.54. The Labute approximate surface area is 205 Å². The number of aliphatic hydroxyl groups is 1. The molecule has 1 aromatic carbocycles. The molecule has 2 unspecified atom stereocenters. The Morgan fingerprint density at radius 1 is 1.09 bits per heavy atom.